The third-order valence-electron chi connectivity index (χ3n) is 3.90. The van der Waals surface area contributed by atoms with Gasteiger partial charge in [-0.25, -0.2) is 4.98 Å². The van der Waals surface area contributed by atoms with Gasteiger partial charge in [-0.2, -0.15) is 0 Å². The van der Waals surface area contributed by atoms with Gasteiger partial charge in [0.25, 0.3) is 0 Å². The molecule has 1 atom stereocenters. The lowest BCUT2D eigenvalue weighted by molar-refractivity contribution is 0.0933. The first-order chi connectivity index (χ1) is 11.2. The Labute approximate surface area is 136 Å². The average Bonchev–Trinajstić information content (AvgIpc) is 2.95. The van der Waals surface area contributed by atoms with Crippen LogP contribution in [-0.4, -0.2) is 27.4 Å². The third kappa shape index (κ3) is 3.71. The van der Waals surface area contributed by atoms with E-state index in [4.69, 9.17) is 4.74 Å². The summed E-state index contributed by atoms with van der Waals surface area (Å²) in [6.45, 7) is 4.91. The van der Waals surface area contributed by atoms with E-state index in [1.807, 2.05) is 41.0 Å². The van der Waals surface area contributed by atoms with Crippen molar-refractivity contribution in [2.45, 2.75) is 32.9 Å². The highest BCUT2D eigenvalue weighted by Crippen LogP contribution is 2.18. The zero-order valence-corrected chi connectivity index (χ0v) is 13.6. The zero-order chi connectivity index (χ0) is 16.2. The van der Waals surface area contributed by atoms with Gasteiger partial charge in [-0.05, 0) is 48.7 Å². The molecule has 0 saturated heterocycles. The van der Waals surface area contributed by atoms with Gasteiger partial charge in [0.1, 0.15) is 18.5 Å². The van der Waals surface area contributed by atoms with Crippen LogP contribution in [0.1, 0.15) is 18.1 Å². The predicted octanol–water partition coefficient (Wildman–Crippen LogP) is 3.35. The normalized spacial score (nSPS) is 12.5. The maximum absolute atomic E-state index is 10.3. The van der Waals surface area contributed by atoms with Gasteiger partial charge in [0, 0.05) is 0 Å². The average molecular weight is 310 g/mol. The number of nitrogens with zero attached hydrogens (tertiary/aromatic N) is 2. The molecule has 1 N–H and O–H groups in total. The maximum Gasteiger partial charge on any atom is 0.119 e. The molecule has 1 aromatic heterocycles. The van der Waals surface area contributed by atoms with Crippen LogP contribution in [0.3, 0.4) is 0 Å². The van der Waals surface area contributed by atoms with Gasteiger partial charge in [0.05, 0.1) is 23.9 Å². The quantitative estimate of drug-likeness (QED) is 0.759. The predicted molar refractivity (Wildman–Crippen MR) is 91.8 cm³/mol. The molecule has 0 aliphatic carbocycles. The number of aliphatic hydroxyl groups excluding tert-OH is 1. The lowest BCUT2D eigenvalue weighted by atomic mass is 10.1. The van der Waals surface area contributed by atoms with Crippen LogP contribution in [0.25, 0.3) is 11.0 Å². The standard InChI is InChI=1S/C19H22N2O2/c1-3-15-8-14(2)9-17(10-15)23-12-16(22)11-21-13-20-18-6-4-5-7-19(18)21/h4-10,13,16,22H,3,11-12H2,1-2H3. The highest BCUT2D eigenvalue weighted by atomic mass is 16.5. The molecule has 0 radical (unpaired) electrons. The number of para-hydroxylation sites is 2. The number of benzene rings is 2. The van der Waals surface area contributed by atoms with E-state index >= 15 is 0 Å². The largest absolute Gasteiger partial charge is 0.491 e. The maximum atomic E-state index is 10.3. The van der Waals surface area contributed by atoms with E-state index in [-0.39, 0.29) is 6.61 Å². The lowest BCUT2D eigenvalue weighted by Crippen LogP contribution is -2.23. The first-order valence-electron chi connectivity index (χ1n) is 7.97. The van der Waals surface area contributed by atoms with Crippen molar-refractivity contribution in [3.05, 3.63) is 59.9 Å². The Hall–Kier alpha value is -2.33. The van der Waals surface area contributed by atoms with E-state index in [1.165, 1.54) is 11.1 Å². The van der Waals surface area contributed by atoms with Crippen molar-refractivity contribution in [3.8, 4) is 5.75 Å². The molecule has 1 heterocycles. The minimum Gasteiger partial charge on any atom is -0.491 e. The second-order valence-electron chi connectivity index (χ2n) is 5.86. The molecule has 4 heteroatoms. The van der Waals surface area contributed by atoms with Gasteiger partial charge >= 0.3 is 0 Å². The van der Waals surface area contributed by atoms with Crippen LogP contribution < -0.4 is 4.74 Å². The summed E-state index contributed by atoms with van der Waals surface area (Å²) >= 11 is 0. The Morgan fingerprint density at radius 2 is 2.04 bits per heavy atom. The first-order valence-corrected chi connectivity index (χ1v) is 7.97. The van der Waals surface area contributed by atoms with Crippen molar-refractivity contribution in [3.63, 3.8) is 0 Å². The Morgan fingerprint density at radius 3 is 2.87 bits per heavy atom. The van der Waals surface area contributed by atoms with Crippen molar-refractivity contribution in [1.82, 2.24) is 9.55 Å². The summed E-state index contributed by atoms with van der Waals surface area (Å²) in [5, 5.41) is 10.3. The van der Waals surface area contributed by atoms with Gasteiger partial charge in [-0.1, -0.05) is 25.1 Å². The minimum atomic E-state index is -0.585. The van der Waals surface area contributed by atoms with Crippen LogP contribution in [-0.2, 0) is 13.0 Å². The molecule has 3 rings (SSSR count). The van der Waals surface area contributed by atoms with Crippen molar-refractivity contribution in [2.24, 2.45) is 0 Å². The minimum absolute atomic E-state index is 0.263. The van der Waals surface area contributed by atoms with Crippen molar-refractivity contribution >= 4 is 11.0 Å². The molecule has 2 aromatic carbocycles. The Bertz CT molecular complexity index is 795. The summed E-state index contributed by atoms with van der Waals surface area (Å²) in [7, 11) is 0. The summed E-state index contributed by atoms with van der Waals surface area (Å²) in [5.74, 6) is 0.816. The van der Waals surface area contributed by atoms with E-state index < -0.39 is 6.10 Å². The van der Waals surface area contributed by atoms with Gasteiger partial charge in [0.2, 0.25) is 0 Å². The first kappa shape index (κ1) is 15.6. The highest BCUT2D eigenvalue weighted by Gasteiger charge is 2.10. The van der Waals surface area contributed by atoms with Crippen molar-refractivity contribution in [2.75, 3.05) is 6.61 Å². The smallest absolute Gasteiger partial charge is 0.119 e. The highest BCUT2D eigenvalue weighted by molar-refractivity contribution is 5.74. The number of aromatic nitrogens is 2. The van der Waals surface area contributed by atoms with Gasteiger partial charge in [-0.15, -0.1) is 0 Å². The number of aryl methyl sites for hydroxylation is 2. The molecule has 0 spiro atoms. The van der Waals surface area contributed by atoms with E-state index in [2.05, 4.69) is 24.9 Å². The van der Waals surface area contributed by atoms with E-state index in [0.717, 1.165) is 23.2 Å². The molecular weight excluding hydrogens is 288 g/mol. The van der Waals surface area contributed by atoms with Crippen LogP contribution in [0.2, 0.25) is 0 Å². The SMILES string of the molecule is CCc1cc(C)cc(OCC(O)Cn2cnc3ccccc32)c1. The molecular formula is C19H22N2O2. The molecule has 0 saturated carbocycles. The number of imidazole rings is 1. The molecule has 0 aliphatic heterocycles. The Morgan fingerprint density at radius 1 is 1.22 bits per heavy atom. The molecule has 0 aliphatic rings. The number of hydrogen-bond donors (Lipinski definition) is 1. The van der Waals surface area contributed by atoms with Crippen molar-refractivity contribution in [1.29, 1.82) is 0 Å². The molecule has 1 unspecified atom stereocenters. The Kier molecular flexibility index (Phi) is 4.63. The molecule has 3 aromatic rings. The van der Waals surface area contributed by atoms with Gasteiger partial charge in [-0.3, -0.25) is 0 Å². The third-order valence-corrected chi connectivity index (χ3v) is 3.90. The topological polar surface area (TPSA) is 47.3 Å². The number of aliphatic hydroxyl groups is 1. The number of ether oxygens (including phenoxy) is 1. The fourth-order valence-corrected chi connectivity index (χ4v) is 2.74. The fourth-order valence-electron chi connectivity index (χ4n) is 2.74. The number of hydrogen-bond acceptors (Lipinski definition) is 3. The zero-order valence-electron chi connectivity index (χ0n) is 13.6. The molecule has 120 valence electrons. The monoisotopic (exact) mass is 310 g/mol. The van der Waals surface area contributed by atoms with E-state index in [9.17, 15) is 5.11 Å². The lowest BCUT2D eigenvalue weighted by Gasteiger charge is -2.14. The molecule has 0 amide bonds. The molecule has 0 bridgehead atoms. The summed E-state index contributed by atoms with van der Waals surface area (Å²) in [4.78, 5) is 4.34. The van der Waals surface area contributed by atoms with E-state index in [0.29, 0.717) is 6.54 Å². The second-order valence-corrected chi connectivity index (χ2v) is 5.86. The van der Waals surface area contributed by atoms with Gasteiger partial charge < -0.3 is 14.4 Å². The molecule has 23 heavy (non-hydrogen) atoms. The second kappa shape index (κ2) is 6.84. The Balaban J connectivity index is 1.63. The summed E-state index contributed by atoms with van der Waals surface area (Å²) in [6.07, 6.45) is 2.15. The number of rotatable bonds is 6. The van der Waals surface area contributed by atoms with Crippen LogP contribution in [0.4, 0.5) is 0 Å². The fraction of sp³-hybridized carbons (Fsp3) is 0.316. The van der Waals surface area contributed by atoms with Crippen LogP contribution >= 0.6 is 0 Å². The summed E-state index contributed by atoms with van der Waals surface area (Å²) < 4.78 is 7.72. The van der Waals surface area contributed by atoms with Crippen LogP contribution in [0.5, 0.6) is 5.75 Å². The van der Waals surface area contributed by atoms with Gasteiger partial charge in [0.15, 0.2) is 0 Å². The summed E-state index contributed by atoms with van der Waals surface area (Å²) in [5.41, 5.74) is 4.38. The molecule has 0 fully saturated rings. The van der Waals surface area contributed by atoms with Crippen LogP contribution in [0, 0.1) is 6.92 Å². The van der Waals surface area contributed by atoms with E-state index in [1.54, 1.807) is 6.33 Å². The van der Waals surface area contributed by atoms with Crippen molar-refractivity contribution < 1.29 is 9.84 Å². The number of fused-ring (bicyclic) bond motifs is 1. The summed E-state index contributed by atoms with van der Waals surface area (Å²) in [6, 6.07) is 14.1. The molecule has 4 nitrogen and oxygen atoms in total. The van der Waals surface area contributed by atoms with Crippen LogP contribution in [0.15, 0.2) is 48.8 Å².